The molecule has 0 aromatic heterocycles. The standard InChI is InChI=1S/C14H16N2/c1-16(2)12-9-7-11(8-10-12)13-5-3-4-6-14(13)15/h3-10H,15H2,1-2H3. The van der Waals surface area contributed by atoms with Gasteiger partial charge in [0.15, 0.2) is 0 Å². The molecule has 2 aromatic carbocycles. The van der Waals surface area contributed by atoms with E-state index >= 15 is 0 Å². The highest BCUT2D eigenvalue weighted by Crippen LogP contribution is 2.26. The molecule has 0 atom stereocenters. The molecule has 2 aromatic rings. The third-order valence-electron chi connectivity index (χ3n) is 2.66. The largest absolute Gasteiger partial charge is 0.398 e. The average molecular weight is 212 g/mol. The Labute approximate surface area is 96.3 Å². The van der Waals surface area contributed by atoms with E-state index in [1.54, 1.807) is 0 Å². The van der Waals surface area contributed by atoms with Crippen LogP contribution in [0.3, 0.4) is 0 Å². The van der Waals surface area contributed by atoms with Crippen LogP contribution in [-0.4, -0.2) is 14.1 Å². The highest BCUT2D eigenvalue weighted by Gasteiger charge is 2.01. The molecule has 0 saturated heterocycles. The van der Waals surface area contributed by atoms with E-state index in [0.29, 0.717) is 0 Å². The van der Waals surface area contributed by atoms with Gasteiger partial charge in [0.25, 0.3) is 0 Å². The zero-order valence-electron chi connectivity index (χ0n) is 9.64. The number of anilines is 2. The fraction of sp³-hybridized carbons (Fsp3) is 0.143. The molecule has 2 heteroatoms. The summed E-state index contributed by atoms with van der Waals surface area (Å²) in [5.74, 6) is 0. The number of benzene rings is 2. The predicted molar refractivity (Wildman–Crippen MR) is 70.6 cm³/mol. The fourth-order valence-corrected chi connectivity index (χ4v) is 1.70. The van der Waals surface area contributed by atoms with Crippen LogP contribution < -0.4 is 10.6 Å². The van der Waals surface area contributed by atoms with Crippen LogP contribution in [0.5, 0.6) is 0 Å². The second-order valence-corrected chi connectivity index (χ2v) is 4.03. The zero-order chi connectivity index (χ0) is 11.5. The maximum atomic E-state index is 5.94. The van der Waals surface area contributed by atoms with Crippen LogP contribution in [0.1, 0.15) is 0 Å². The van der Waals surface area contributed by atoms with Crippen molar-refractivity contribution in [2.75, 3.05) is 24.7 Å². The Hall–Kier alpha value is -1.96. The van der Waals surface area contributed by atoms with Crippen molar-refractivity contribution in [1.82, 2.24) is 0 Å². The minimum absolute atomic E-state index is 0.820. The van der Waals surface area contributed by atoms with Crippen molar-refractivity contribution in [2.45, 2.75) is 0 Å². The predicted octanol–water partition coefficient (Wildman–Crippen LogP) is 3.00. The van der Waals surface area contributed by atoms with Crippen LogP contribution in [0.15, 0.2) is 48.5 Å². The molecule has 82 valence electrons. The number of nitrogens with zero attached hydrogens (tertiary/aromatic N) is 1. The molecule has 0 heterocycles. The summed E-state index contributed by atoms with van der Waals surface area (Å²) in [6.07, 6.45) is 0. The molecule has 0 radical (unpaired) electrons. The Balaban J connectivity index is 2.39. The van der Waals surface area contributed by atoms with Crippen LogP contribution in [0.4, 0.5) is 11.4 Å². The molecule has 0 aliphatic carbocycles. The smallest absolute Gasteiger partial charge is 0.0393 e. The van der Waals surface area contributed by atoms with Gasteiger partial charge in [-0.05, 0) is 23.8 Å². The van der Waals surface area contributed by atoms with Crippen molar-refractivity contribution in [3.05, 3.63) is 48.5 Å². The van der Waals surface area contributed by atoms with E-state index in [-0.39, 0.29) is 0 Å². The van der Waals surface area contributed by atoms with E-state index in [1.165, 1.54) is 5.69 Å². The monoisotopic (exact) mass is 212 g/mol. The summed E-state index contributed by atoms with van der Waals surface area (Å²) < 4.78 is 0. The Kier molecular flexibility index (Phi) is 2.82. The third kappa shape index (κ3) is 2.01. The van der Waals surface area contributed by atoms with Gasteiger partial charge in [0.2, 0.25) is 0 Å². The lowest BCUT2D eigenvalue weighted by Gasteiger charge is -2.13. The lowest BCUT2D eigenvalue weighted by atomic mass is 10.0. The van der Waals surface area contributed by atoms with E-state index in [4.69, 9.17) is 5.73 Å². The number of rotatable bonds is 2. The van der Waals surface area contributed by atoms with Crippen molar-refractivity contribution < 1.29 is 0 Å². The van der Waals surface area contributed by atoms with Crippen molar-refractivity contribution in [3.8, 4) is 11.1 Å². The lowest BCUT2D eigenvalue weighted by Crippen LogP contribution is -2.07. The van der Waals surface area contributed by atoms with Crippen LogP contribution in [0, 0.1) is 0 Å². The number of hydrogen-bond acceptors (Lipinski definition) is 2. The van der Waals surface area contributed by atoms with Gasteiger partial charge in [-0.25, -0.2) is 0 Å². The van der Waals surface area contributed by atoms with Gasteiger partial charge in [-0.2, -0.15) is 0 Å². The molecule has 0 amide bonds. The van der Waals surface area contributed by atoms with Crippen molar-refractivity contribution in [3.63, 3.8) is 0 Å². The zero-order valence-corrected chi connectivity index (χ0v) is 9.64. The van der Waals surface area contributed by atoms with Gasteiger partial charge in [-0.1, -0.05) is 30.3 Å². The molecule has 0 unspecified atom stereocenters. The van der Waals surface area contributed by atoms with Crippen LogP contribution in [-0.2, 0) is 0 Å². The second-order valence-electron chi connectivity index (χ2n) is 4.03. The van der Waals surface area contributed by atoms with E-state index < -0.39 is 0 Å². The van der Waals surface area contributed by atoms with Gasteiger partial charge >= 0.3 is 0 Å². The highest BCUT2D eigenvalue weighted by molar-refractivity contribution is 5.77. The van der Waals surface area contributed by atoms with Gasteiger partial charge < -0.3 is 10.6 Å². The molecule has 2 rings (SSSR count). The third-order valence-corrected chi connectivity index (χ3v) is 2.66. The second kappa shape index (κ2) is 4.27. The highest BCUT2D eigenvalue weighted by atomic mass is 15.1. The van der Waals surface area contributed by atoms with Crippen molar-refractivity contribution >= 4 is 11.4 Å². The first kappa shape index (κ1) is 10.6. The quantitative estimate of drug-likeness (QED) is 0.775. The molecular formula is C14H16N2. The van der Waals surface area contributed by atoms with E-state index in [9.17, 15) is 0 Å². The van der Waals surface area contributed by atoms with Crippen LogP contribution in [0.2, 0.25) is 0 Å². The van der Waals surface area contributed by atoms with Gasteiger partial charge in [0.05, 0.1) is 0 Å². The number of nitrogen functional groups attached to an aromatic ring is 1. The Bertz CT molecular complexity index is 472. The Morgan fingerprint density at radius 2 is 1.50 bits per heavy atom. The van der Waals surface area contributed by atoms with E-state index in [1.807, 2.05) is 38.4 Å². The normalized spacial score (nSPS) is 10.1. The fourth-order valence-electron chi connectivity index (χ4n) is 1.70. The van der Waals surface area contributed by atoms with Gasteiger partial charge in [0, 0.05) is 31.0 Å². The summed E-state index contributed by atoms with van der Waals surface area (Å²) in [5, 5.41) is 0. The first-order valence-electron chi connectivity index (χ1n) is 5.31. The molecule has 0 spiro atoms. The lowest BCUT2D eigenvalue weighted by molar-refractivity contribution is 1.13. The molecule has 0 saturated carbocycles. The van der Waals surface area contributed by atoms with Crippen molar-refractivity contribution in [2.24, 2.45) is 0 Å². The molecule has 0 bridgehead atoms. The molecule has 0 aliphatic heterocycles. The maximum absolute atomic E-state index is 5.94. The van der Waals surface area contributed by atoms with Gasteiger partial charge in [-0.15, -0.1) is 0 Å². The van der Waals surface area contributed by atoms with Crippen LogP contribution in [0.25, 0.3) is 11.1 Å². The molecule has 2 N–H and O–H groups in total. The maximum Gasteiger partial charge on any atom is 0.0393 e. The first-order chi connectivity index (χ1) is 7.68. The molecule has 0 aliphatic rings. The number of nitrogens with two attached hydrogens (primary N) is 1. The summed E-state index contributed by atoms with van der Waals surface area (Å²) >= 11 is 0. The Morgan fingerprint density at radius 3 is 2.06 bits per heavy atom. The van der Waals surface area contributed by atoms with Crippen LogP contribution >= 0.6 is 0 Å². The molecule has 2 nitrogen and oxygen atoms in total. The minimum Gasteiger partial charge on any atom is -0.398 e. The average Bonchev–Trinajstić information content (AvgIpc) is 2.30. The summed E-state index contributed by atoms with van der Waals surface area (Å²) in [7, 11) is 4.07. The summed E-state index contributed by atoms with van der Waals surface area (Å²) in [5.41, 5.74) is 10.2. The number of hydrogen-bond donors (Lipinski definition) is 1. The van der Waals surface area contributed by atoms with E-state index in [2.05, 4.69) is 29.2 Å². The topological polar surface area (TPSA) is 29.3 Å². The molecule has 0 fully saturated rings. The van der Waals surface area contributed by atoms with Gasteiger partial charge in [0.1, 0.15) is 0 Å². The van der Waals surface area contributed by atoms with Gasteiger partial charge in [-0.3, -0.25) is 0 Å². The summed E-state index contributed by atoms with van der Waals surface area (Å²) in [6.45, 7) is 0. The molecular weight excluding hydrogens is 196 g/mol. The SMILES string of the molecule is CN(C)c1ccc(-c2ccccc2N)cc1. The van der Waals surface area contributed by atoms with Crippen molar-refractivity contribution in [1.29, 1.82) is 0 Å². The van der Waals surface area contributed by atoms with E-state index in [0.717, 1.165) is 16.8 Å². The number of para-hydroxylation sites is 1. The summed E-state index contributed by atoms with van der Waals surface area (Å²) in [6, 6.07) is 16.3. The Morgan fingerprint density at radius 1 is 0.875 bits per heavy atom. The first-order valence-corrected chi connectivity index (χ1v) is 5.31. The summed E-state index contributed by atoms with van der Waals surface area (Å²) in [4.78, 5) is 2.08. The minimum atomic E-state index is 0.820. The molecule has 16 heavy (non-hydrogen) atoms.